The van der Waals surface area contributed by atoms with Crippen LogP contribution in [0.15, 0.2) is 34.9 Å². The first-order valence-corrected chi connectivity index (χ1v) is 9.47. The molecular weight excluding hydrogens is 414 g/mol. The maximum atomic E-state index is 12.3. The van der Waals surface area contributed by atoms with Crippen LogP contribution in [0, 0.1) is 0 Å². The van der Waals surface area contributed by atoms with Crippen molar-refractivity contribution < 1.29 is 14.3 Å². The van der Waals surface area contributed by atoms with E-state index in [2.05, 4.69) is 41.7 Å². The second kappa shape index (κ2) is 9.52. The number of carbonyl (C=O) groups excluding carboxylic acids is 1. The highest BCUT2D eigenvalue weighted by atomic mass is 79.9. The first-order chi connectivity index (χ1) is 13.2. The number of nitrogens with zero attached hydrogens (tertiary/aromatic N) is 3. The summed E-state index contributed by atoms with van der Waals surface area (Å²) in [6.07, 6.45) is 1.75. The van der Waals surface area contributed by atoms with Gasteiger partial charge >= 0.3 is 0 Å². The average Bonchev–Trinajstić information content (AvgIpc) is 2.72. The van der Waals surface area contributed by atoms with E-state index in [1.165, 1.54) is 0 Å². The fourth-order valence-electron chi connectivity index (χ4n) is 2.70. The summed E-state index contributed by atoms with van der Waals surface area (Å²) in [4.78, 5) is 14.5. The molecule has 1 aromatic carbocycles. The minimum atomic E-state index is -0.171. The molecule has 1 amide bonds. The molecule has 8 nitrogen and oxygen atoms in total. The molecule has 2 heterocycles. The van der Waals surface area contributed by atoms with Gasteiger partial charge in [0.15, 0.2) is 5.82 Å². The minimum Gasteiger partial charge on any atom is -0.497 e. The van der Waals surface area contributed by atoms with Crippen LogP contribution in [0.2, 0.25) is 0 Å². The molecular formula is C18H22BrN5O3. The van der Waals surface area contributed by atoms with E-state index < -0.39 is 0 Å². The number of hydrogen-bond acceptors (Lipinski definition) is 7. The van der Waals surface area contributed by atoms with Gasteiger partial charge in [0.2, 0.25) is 0 Å². The highest BCUT2D eigenvalue weighted by molar-refractivity contribution is 9.10. The van der Waals surface area contributed by atoms with Crippen LogP contribution >= 0.6 is 15.9 Å². The molecule has 2 aromatic rings. The summed E-state index contributed by atoms with van der Waals surface area (Å²) in [7, 11) is 1.57. The standard InChI is InChI=1S/C18H22BrN5O3/c1-26-14-2-3-16(19)15(11-14)18(25)21-5-4-20-17-10-13(12-22-23-17)24-6-8-27-9-7-24/h2-3,10-12H,4-9H2,1H3,(H,20,23)(H,21,25). The molecule has 0 bridgehead atoms. The molecule has 0 radical (unpaired) electrons. The lowest BCUT2D eigenvalue weighted by atomic mass is 10.2. The lowest BCUT2D eigenvalue weighted by molar-refractivity contribution is 0.0954. The number of aromatic nitrogens is 2. The van der Waals surface area contributed by atoms with Crippen LogP contribution in [0.25, 0.3) is 0 Å². The number of halogens is 1. The van der Waals surface area contributed by atoms with Crippen LogP contribution in [0.4, 0.5) is 11.5 Å². The van der Waals surface area contributed by atoms with Gasteiger partial charge in [-0.05, 0) is 34.1 Å². The molecule has 1 aliphatic rings. The summed E-state index contributed by atoms with van der Waals surface area (Å²) in [6.45, 7) is 4.11. The Morgan fingerprint density at radius 2 is 2.11 bits per heavy atom. The van der Waals surface area contributed by atoms with Crippen molar-refractivity contribution in [1.82, 2.24) is 15.5 Å². The fourth-order valence-corrected chi connectivity index (χ4v) is 3.13. The van der Waals surface area contributed by atoms with Crippen LogP contribution in [0.3, 0.4) is 0 Å². The number of methoxy groups -OCH3 is 1. The summed E-state index contributed by atoms with van der Waals surface area (Å²) in [5.74, 6) is 1.14. The third kappa shape index (κ3) is 5.30. The van der Waals surface area contributed by atoms with Crippen molar-refractivity contribution in [2.45, 2.75) is 0 Å². The molecule has 1 saturated heterocycles. The zero-order valence-electron chi connectivity index (χ0n) is 15.1. The number of hydrogen-bond donors (Lipinski definition) is 2. The molecule has 1 aromatic heterocycles. The largest absolute Gasteiger partial charge is 0.497 e. The highest BCUT2D eigenvalue weighted by Gasteiger charge is 2.13. The van der Waals surface area contributed by atoms with Crippen molar-refractivity contribution in [2.24, 2.45) is 0 Å². The van der Waals surface area contributed by atoms with E-state index in [9.17, 15) is 4.79 Å². The van der Waals surface area contributed by atoms with E-state index in [1.807, 2.05) is 6.07 Å². The van der Waals surface area contributed by atoms with E-state index in [0.717, 1.165) is 36.5 Å². The maximum absolute atomic E-state index is 12.3. The van der Waals surface area contributed by atoms with Crippen molar-refractivity contribution in [3.8, 4) is 5.75 Å². The third-order valence-corrected chi connectivity index (χ3v) is 4.84. The Morgan fingerprint density at radius 3 is 2.89 bits per heavy atom. The average molecular weight is 436 g/mol. The fraction of sp³-hybridized carbons (Fsp3) is 0.389. The molecule has 1 fully saturated rings. The monoisotopic (exact) mass is 435 g/mol. The van der Waals surface area contributed by atoms with Gasteiger partial charge in [0.05, 0.1) is 37.8 Å². The van der Waals surface area contributed by atoms with Crippen LogP contribution < -0.4 is 20.3 Å². The zero-order chi connectivity index (χ0) is 19.1. The third-order valence-electron chi connectivity index (χ3n) is 4.15. The highest BCUT2D eigenvalue weighted by Crippen LogP contribution is 2.22. The molecule has 1 aliphatic heterocycles. The lowest BCUT2D eigenvalue weighted by Gasteiger charge is -2.28. The minimum absolute atomic E-state index is 0.171. The summed E-state index contributed by atoms with van der Waals surface area (Å²) >= 11 is 3.39. The van der Waals surface area contributed by atoms with Crippen LogP contribution in [-0.2, 0) is 4.74 Å². The van der Waals surface area contributed by atoms with Crippen LogP contribution in [0.1, 0.15) is 10.4 Å². The van der Waals surface area contributed by atoms with E-state index in [-0.39, 0.29) is 5.91 Å². The number of carbonyl (C=O) groups is 1. The van der Waals surface area contributed by atoms with Crippen molar-refractivity contribution >= 4 is 33.3 Å². The predicted molar refractivity (Wildman–Crippen MR) is 107 cm³/mol. The SMILES string of the molecule is COc1ccc(Br)c(C(=O)NCCNc2cc(N3CCOCC3)cnn2)c1. The summed E-state index contributed by atoms with van der Waals surface area (Å²) in [5.41, 5.74) is 1.55. The number of morpholine rings is 1. The quantitative estimate of drug-likeness (QED) is 0.642. The Kier molecular flexibility index (Phi) is 6.83. The summed E-state index contributed by atoms with van der Waals surface area (Å²) in [6, 6.07) is 7.24. The van der Waals surface area contributed by atoms with Gasteiger partial charge in [-0.3, -0.25) is 4.79 Å². The van der Waals surface area contributed by atoms with Crippen molar-refractivity contribution in [3.05, 3.63) is 40.5 Å². The molecule has 0 atom stereocenters. The molecule has 3 rings (SSSR count). The molecule has 0 unspecified atom stereocenters. The zero-order valence-corrected chi connectivity index (χ0v) is 16.7. The van der Waals surface area contributed by atoms with Gasteiger partial charge in [0.1, 0.15) is 5.75 Å². The van der Waals surface area contributed by atoms with E-state index in [0.29, 0.717) is 30.2 Å². The van der Waals surface area contributed by atoms with Gasteiger partial charge in [-0.1, -0.05) is 0 Å². The van der Waals surface area contributed by atoms with Crippen molar-refractivity contribution in [2.75, 3.05) is 56.7 Å². The van der Waals surface area contributed by atoms with E-state index >= 15 is 0 Å². The Hall–Kier alpha value is -2.39. The molecule has 9 heteroatoms. The molecule has 0 aliphatic carbocycles. The Bertz CT molecular complexity index is 783. The molecule has 2 N–H and O–H groups in total. The first kappa shape index (κ1) is 19.4. The Morgan fingerprint density at radius 1 is 1.30 bits per heavy atom. The van der Waals surface area contributed by atoms with E-state index in [4.69, 9.17) is 9.47 Å². The maximum Gasteiger partial charge on any atom is 0.252 e. The number of anilines is 2. The van der Waals surface area contributed by atoms with Gasteiger partial charge in [0.25, 0.3) is 5.91 Å². The summed E-state index contributed by atoms with van der Waals surface area (Å²) in [5, 5.41) is 14.2. The molecule has 0 spiro atoms. The number of amides is 1. The van der Waals surface area contributed by atoms with E-state index in [1.54, 1.807) is 31.5 Å². The normalized spacial score (nSPS) is 13.9. The van der Waals surface area contributed by atoms with Crippen molar-refractivity contribution in [3.63, 3.8) is 0 Å². The molecule has 0 saturated carbocycles. The predicted octanol–water partition coefficient (Wildman–Crippen LogP) is 1.93. The topological polar surface area (TPSA) is 88.6 Å². The number of ether oxygens (including phenoxy) is 2. The van der Waals surface area contributed by atoms with Crippen LogP contribution in [-0.4, -0.2) is 62.6 Å². The van der Waals surface area contributed by atoms with Gasteiger partial charge < -0.3 is 25.0 Å². The molecule has 144 valence electrons. The van der Waals surface area contributed by atoms with Crippen molar-refractivity contribution in [1.29, 1.82) is 0 Å². The smallest absolute Gasteiger partial charge is 0.252 e. The number of rotatable bonds is 7. The number of benzene rings is 1. The van der Waals surface area contributed by atoms with Gasteiger partial charge in [-0.15, -0.1) is 5.10 Å². The lowest BCUT2D eigenvalue weighted by Crippen LogP contribution is -2.36. The second-order valence-electron chi connectivity index (χ2n) is 5.93. The number of nitrogens with one attached hydrogen (secondary N) is 2. The first-order valence-electron chi connectivity index (χ1n) is 8.68. The van der Waals surface area contributed by atoms with Gasteiger partial charge in [-0.2, -0.15) is 5.10 Å². The summed E-state index contributed by atoms with van der Waals surface area (Å²) < 4.78 is 11.3. The second-order valence-corrected chi connectivity index (χ2v) is 6.78. The van der Waals surface area contributed by atoms with Gasteiger partial charge in [-0.25, -0.2) is 0 Å². The van der Waals surface area contributed by atoms with Crippen LogP contribution in [0.5, 0.6) is 5.75 Å². The molecule has 27 heavy (non-hydrogen) atoms. The van der Waals surface area contributed by atoms with Gasteiger partial charge in [0, 0.05) is 36.7 Å². The Balaban J connectivity index is 1.49. The Labute approximate surface area is 166 Å².